The molecule has 24 heavy (non-hydrogen) atoms. The molecule has 0 amide bonds. The molecule has 0 atom stereocenters. The lowest BCUT2D eigenvalue weighted by molar-refractivity contribution is 1.53. The lowest BCUT2D eigenvalue weighted by atomic mass is 10.1. The summed E-state index contributed by atoms with van der Waals surface area (Å²) in [7, 11) is 0. The smallest absolute Gasteiger partial charge is 0.0472 e. The van der Waals surface area contributed by atoms with Crippen molar-refractivity contribution in [3.05, 3.63) is 107 Å². The van der Waals surface area contributed by atoms with E-state index in [4.69, 9.17) is 23.8 Å². The van der Waals surface area contributed by atoms with Crippen LogP contribution in [-0.4, -0.2) is 4.86 Å². The molecule has 3 aromatic rings. The van der Waals surface area contributed by atoms with Crippen LogP contribution in [0.5, 0.6) is 0 Å². The predicted molar refractivity (Wildman–Crippen MR) is 108 cm³/mol. The molecular formula is C21H16ClNS. The Morgan fingerprint density at radius 2 is 1.29 bits per heavy atom. The van der Waals surface area contributed by atoms with Gasteiger partial charge >= 0.3 is 0 Å². The Hall–Kier alpha value is -2.42. The van der Waals surface area contributed by atoms with Crippen molar-refractivity contribution in [2.24, 2.45) is 0 Å². The van der Waals surface area contributed by atoms with Crippen molar-refractivity contribution in [2.45, 2.75) is 0 Å². The Morgan fingerprint density at radius 3 is 1.88 bits per heavy atom. The van der Waals surface area contributed by atoms with Gasteiger partial charge in [-0.3, -0.25) is 0 Å². The highest BCUT2D eigenvalue weighted by Crippen LogP contribution is 2.21. The second kappa shape index (κ2) is 7.91. The average molecular weight is 350 g/mol. The van der Waals surface area contributed by atoms with Crippen molar-refractivity contribution in [3.63, 3.8) is 0 Å². The molecule has 0 aliphatic carbocycles. The molecule has 3 heteroatoms. The Kier molecular flexibility index (Phi) is 5.42. The van der Waals surface area contributed by atoms with Crippen molar-refractivity contribution in [1.29, 1.82) is 0 Å². The number of rotatable bonds is 5. The minimum absolute atomic E-state index is 0.714. The van der Waals surface area contributed by atoms with Crippen molar-refractivity contribution in [1.82, 2.24) is 0 Å². The number of benzene rings is 3. The molecule has 0 saturated heterocycles. The molecule has 1 nitrogen and oxygen atoms in total. The first-order chi connectivity index (χ1) is 11.7. The van der Waals surface area contributed by atoms with Crippen LogP contribution in [0, 0.1) is 0 Å². The maximum absolute atomic E-state index is 5.97. The lowest BCUT2D eigenvalue weighted by Crippen LogP contribution is -2.02. The molecule has 0 radical (unpaired) electrons. The van der Waals surface area contributed by atoms with Crippen LogP contribution < -0.4 is 5.32 Å². The maximum Gasteiger partial charge on any atom is 0.0472 e. The van der Waals surface area contributed by atoms with Crippen LogP contribution in [-0.2, 0) is 0 Å². The first-order valence-corrected chi connectivity index (χ1v) is 8.40. The second-order valence-electron chi connectivity index (χ2n) is 5.29. The summed E-state index contributed by atoms with van der Waals surface area (Å²) in [6, 6.07) is 27.8. The van der Waals surface area contributed by atoms with Gasteiger partial charge in [0.2, 0.25) is 0 Å². The SMILES string of the molecule is S=C(/C=C(/Nc1ccc(Cl)cc1)c1ccccc1)c1ccccc1. The van der Waals surface area contributed by atoms with Crippen LogP contribution in [0.1, 0.15) is 11.1 Å². The van der Waals surface area contributed by atoms with E-state index in [2.05, 4.69) is 17.4 Å². The van der Waals surface area contributed by atoms with E-state index in [1.54, 1.807) is 0 Å². The third-order valence-corrected chi connectivity index (χ3v) is 4.15. The Bertz CT molecular complexity index is 840. The molecule has 0 spiro atoms. The van der Waals surface area contributed by atoms with Gasteiger partial charge in [0.15, 0.2) is 0 Å². The summed E-state index contributed by atoms with van der Waals surface area (Å²) in [6.07, 6.45) is 1.99. The van der Waals surface area contributed by atoms with Gasteiger partial charge in [0.25, 0.3) is 0 Å². The molecule has 0 bridgehead atoms. The normalized spacial score (nSPS) is 11.1. The predicted octanol–water partition coefficient (Wildman–Crippen LogP) is 6.21. The summed E-state index contributed by atoms with van der Waals surface area (Å²) < 4.78 is 0. The topological polar surface area (TPSA) is 12.0 Å². The molecule has 0 heterocycles. The Labute approximate surface area is 152 Å². The highest BCUT2D eigenvalue weighted by atomic mass is 35.5. The third-order valence-electron chi connectivity index (χ3n) is 3.54. The lowest BCUT2D eigenvalue weighted by Gasteiger charge is -2.12. The molecule has 3 rings (SSSR count). The molecule has 0 aromatic heterocycles. The fourth-order valence-corrected chi connectivity index (χ4v) is 2.69. The van der Waals surface area contributed by atoms with Gasteiger partial charge in [-0.25, -0.2) is 0 Å². The molecular weight excluding hydrogens is 334 g/mol. The summed E-state index contributed by atoms with van der Waals surface area (Å²) in [5.74, 6) is 0. The van der Waals surface area contributed by atoms with Crippen molar-refractivity contribution < 1.29 is 0 Å². The molecule has 118 valence electrons. The minimum atomic E-state index is 0.714. The number of allylic oxidation sites excluding steroid dienone is 1. The number of anilines is 1. The monoisotopic (exact) mass is 349 g/mol. The molecule has 0 unspecified atom stereocenters. The van der Waals surface area contributed by atoms with E-state index in [9.17, 15) is 0 Å². The van der Waals surface area contributed by atoms with Crippen LogP contribution in [0.2, 0.25) is 5.02 Å². The largest absolute Gasteiger partial charge is 0.355 e. The Morgan fingerprint density at radius 1 is 0.750 bits per heavy atom. The zero-order chi connectivity index (χ0) is 16.8. The van der Waals surface area contributed by atoms with Crippen molar-refractivity contribution in [3.8, 4) is 0 Å². The average Bonchev–Trinajstić information content (AvgIpc) is 2.64. The fraction of sp³-hybridized carbons (Fsp3) is 0. The van der Waals surface area contributed by atoms with E-state index in [0.717, 1.165) is 27.4 Å². The van der Waals surface area contributed by atoms with Gasteiger partial charge in [0, 0.05) is 21.3 Å². The van der Waals surface area contributed by atoms with Gasteiger partial charge in [-0.2, -0.15) is 0 Å². The van der Waals surface area contributed by atoms with E-state index in [0.29, 0.717) is 5.02 Å². The summed E-state index contributed by atoms with van der Waals surface area (Å²) in [4.78, 5) is 0.788. The summed E-state index contributed by atoms with van der Waals surface area (Å²) >= 11 is 11.6. The number of nitrogens with one attached hydrogen (secondary N) is 1. The van der Waals surface area contributed by atoms with E-state index in [-0.39, 0.29) is 0 Å². The number of hydrogen-bond acceptors (Lipinski definition) is 2. The van der Waals surface area contributed by atoms with Crippen LogP contribution in [0.4, 0.5) is 5.69 Å². The second-order valence-corrected chi connectivity index (χ2v) is 6.16. The van der Waals surface area contributed by atoms with Gasteiger partial charge in [-0.1, -0.05) is 84.5 Å². The highest BCUT2D eigenvalue weighted by Gasteiger charge is 2.05. The first-order valence-electron chi connectivity index (χ1n) is 7.61. The highest BCUT2D eigenvalue weighted by molar-refractivity contribution is 7.81. The van der Waals surface area contributed by atoms with E-state index in [1.165, 1.54) is 0 Å². The van der Waals surface area contributed by atoms with E-state index >= 15 is 0 Å². The summed E-state index contributed by atoms with van der Waals surface area (Å²) in [5.41, 5.74) is 4.02. The van der Waals surface area contributed by atoms with Gasteiger partial charge in [-0.05, 0) is 41.5 Å². The molecule has 1 N–H and O–H groups in total. The molecule has 0 fully saturated rings. The van der Waals surface area contributed by atoms with Gasteiger partial charge in [-0.15, -0.1) is 0 Å². The maximum atomic E-state index is 5.97. The Balaban J connectivity index is 1.94. The zero-order valence-electron chi connectivity index (χ0n) is 12.9. The number of halogens is 1. The van der Waals surface area contributed by atoms with Gasteiger partial charge in [0.1, 0.15) is 0 Å². The van der Waals surface area contributed by atoms with Crippen molar-refractivity contribution >= 4 is 40.1 Å². The third kappa shape index (κ3) is 4.31. The molecule has 0 aliphatic heterocycles. The van der Waals surface area contributed by atoms with E-state index < -0.39 is 0 Å². The van der Waals surface area contributed by atoms with Crippen LogP contribution in [0.25, 0.3) is 5.70 Å². The minimum Gasteiger partial charge on any atom is -0.355 e. The zero-order valence-corrected chi connectivity index (χ0v) is 14.5. The van der Waals surface area contributed by atoms with Crippen LogP contribution in [0.3, 0.4) is 0 Å². The van der Waals surface area contributed by atoms with Crippen molar-refractivity contribution in [2.75, 3.05) is 5.32 Å². The number of thiocarbonyl (C=S) groups is 1. The summed E-state index contributed by atoms with van der Waals surface area (Å²) in [6.45, 7) is 0. The standard InChI is InChI=1S/C21H16ClNS/c22-18-11-13-19(14-12-18)23-20(16-7-3-1-4-8-16)15-21(24)17-9-5-2-6-10-17/h1-15,23H/b20-15+. The van der Waals surface area contributed by atoms with Gasteiger partial charge < -0.3 is 5.32 Å². The van der Waals surface area contributed by atoms with Crippen LogP contribution in [0.15, 0.2) is 91.0 Å². The quantitative estimate of drug-likeness (QED) is 0.334. The summed E-state index contributed by atoms with van der Waals surface area (Å²) in [5, 5.41) is 4.15. The van der Waals surface area contributed by atoms with Gasteiger partial charge in [0.05, 0.1) is 0 Å². The number of hydrogen-bond donors (Lipinski definition) is 1. The molecule has 0 saturated carbocycles. The molecule has 0 aliphatic rings. The fourth-order valence-electron chi connectivity index (χ4n) is 2.31. The van der Waals surface area contributed by atoms with Crippen LogP contribution >= 0.6 is 23.8 Å². The molecule has 3 aromatic carbocycles. The van der Waals surface area contributed by atoms with E-state index in [1.807, 2.05) is 78.9 Å². The first kappa shape index (κ1) is 16.4.